The second-order valence-corrected chi connectivity index (χ2v) is 6.75. The van der Waals surface area contributed by atoms with Crippen molar-refractivity contribution in [1.29, 1.82) is 0 Å². The molecule has 2 unspecified atom stereocenters. The summed E-state index contributed by atoms with van der Waals surface area (Å²) < 4.78 is 5.48. The second-order valence-electron chi connectivity index (χ2n) is 5.34. The summed E-state index contributed by atoms with van der Waals surface area (Å²) in [6, 6.07) is 2.29. The summed E-state index contributed by atoms with van der Waals surface area (Å²) in [5, 5.41) is 7.49. The van der Waals surface area contributed by atoms with Crippen LogP contribution in [0.25, 0.3) is 0 Å². The van der Waals surface area contributed by atoms with E-state index >= 15 is 0 Å². The number of nitrogens with zero attached hydrogens (tertiary/aromatic N) is 2. The van der Waals surface area contributed by atoms with Crippen LogP contribution in [0.1, 0.15) is 25.7 Å². The van der Waals surface area contributed by atoms with E-state index in [1.807, 2.05) is 24.0 Å². The van der Waals surface area contributed by atoms with Crippen molar-refractivity contribution in [3.05, 3.63) is 12.3 Å². The van der Waals surface area contributed by atoms with Gasteiger partial charge in [0.15, 0.2) is 0 Å². The van der Waals surface area contributed by atoms with Crippen molar-refractivity contribution < 1.29 is 4.74 Å². The van der Waals surface area contributed by atoms with E-state index < -0.39 is 0 Å². The van der Waals surface area contributed by atoms with Gasteiger partial charge in [0.05, 0.1) is 12.6 Å². The lowest BCUT2D eigenvalue weighted by atomic mass is 10.1. The highest BCUT2D eigenvalue weighted by atomic mass is 32.2. The lowest BCUT2D eigenvalue weighted by molar-refractivity contribution is 0.0875. The van der Waals surface area contributed by atoms with Crippen LogP contribution in [-0.4, -0.2) is 46.8 Å². The van der Waals surface area contributed by atoms with Crippen LogP contribution in [0.15, 0.2) is 12.3 Å². The molecule has 1 aromatic rings. The number of aromatic nitrogens is 2. The maximum atomic E-state index is 5.48. The normalized spacial score (nSPS) is 26.4. The van der Waals surface area contributed by atoms with Crippen LogP contribution in [0.5, 0.6) is 0 Å². The van der Waals surface area contributed by atoms with Crippen LogP contribution in [0.3, 0.4) is 0 Å². The largest absolute Gasteiger partial charge is 0.379 e. The highest BCUT2D eigenvalue weighted by molar-refractivity contribution is 8.00. The number of nitrogens with one attached hydrogen (secondary N) is 2. The first-order valence-corrected chi connectivity index (χ1v) is 8.48. The zero-order chi connectivity index (χ0) is 13.6. The number of anilines is 2. The monoisotopic (exact) mass is 294 g/mol. The van der Waals surface area contributed by atoms with E-state index in [4.69, 9.17) is 4.74 Å². The zero-order valence-electron chi connectivity index (χ0n) is 11.7. The molecule has 2 atom stereocenters. The molecule has 20 heavy (non-hydrogen) atoms. The fourth-order valence-electron chi connectivity index (χ4n) is 2.60. The molecule has 0 amide bonds. The molecule has 3 rings (SSSR count). The highest BCUT2D eigenvalue weighted by Gasteiger charge is 2.16. The Labute approximate surface area is 124 Å². The number of rotatable bonds is 5. The molecule has 2 saturated heterocycles. The molecule has 2 aliphatic rings. The van der Waals surface area contributed by atoms with Gasteiger partial charge in [-0.25, -0.2) is 4.98 Å². The first-order valence-electron chi connectivity index (χ1n) is 7.43. The van der Waals surface area contributed by atoms with E-state index in [0.29, 0.717) is 11.3 Å². The molecular weight excluding hydrogens is 272 g/mol. The number of ether oxygens (including phenoxy) is 1. The molecule has 0 spiro atoms. The molecule has 5 nitrogen and oxygen atoms in total. The Bertz CT molecular complexity index is 419. The van der Waals surface area contributed by atoms with E-state index in [2.05, 4.69) is 20.6 Å². The standard InChI is InChI=1S/C14H22N4OS/c1-3-11(10-19-7-1)17-13-5-6-15-14(18-13)16-9-12-4-2-8-20-12/h5-6,11-12H,1-4,7-10H2,(H2,15,16,17,18). The molecule has 1 aromatic heterocycles. The molecule has 3 heterocycles. The quantitative estimate of drug-likeness (QED) is 0.869. The van der Waals surface area contributed by atoms with Gasteiger partial charge in [-0.3, -0.25) is 0 Å². The molecule has 0 aromatic carbocycles. The molecule has 0 aliphatic carbocycles. The van der Waals surface area contributed by atoms with Crippen LogP contribution in [0, 0.1) is 0 Å². The van der Waals surface area contributed by atoms with Gasteiger partial charge in [0.1, 0.15) is 5.82 Å². The SMILES string of the molecule is c1cc(NC2CCCOC2)nc(NCC2CCCS2)n1. The van der Waals surface area contributed by atoms with Gasteiger partial charge in [0.2, 0.25) is 5.95 Å². The van der Waals surface area contributed by atoms with Crippen molar-refractivity contribution in [3.8, 4) is 0 Å². The summed E-state index contributed by atoms with van der Waals surface area (Å²) in [5.41, 5.74) is 0. The molecule has 0 radical (unpaired) electrons. The predicted molar refractivity (Wildman–Crippen MR) is 83.5 cm³/mol. The predicted octanol–water partition coefficient (Wildman–Crippen LogP) is 2.38. The fourth-order valence-corrected chi connectivity index (χ4v) is 3.80. The summed E-state index contributed by atoms with van der Waals surface area (Å²) in [4.78, 5) is 8.82. The average molecular weight is 294 g/mol. The third-order valence-electron chi connectivity index (χ3n) is 3.68. The molecule has 2 N–H and O–H groups in total. The van der Waals surface area contributed by atoms with Crippen molar-refractivity contribution in [1.82, 2.24) is 9.97 Å². The van der Waals surface area contributed by atoms with Crippen LogP contribution in [0.2, 0.25) is 0 Å². The van der Waals surface area contributed by atoms with Gasteiger partial charge in [0.25, 0.3) is 0 Å². The lowest BCUT2D eigenvalue weighted by Gasteiger charge is -2.23. The van der Waals surface area contributed by atoms with Crippen LogP contribution < -0.4 is 10.6 Å². The molecule has 110 valence electrons. The van der Waals surface area contributed by atoms with Crippen LogP contribution in [-0.2, 0) is 4.74 Å². The van der Waals surface area contributed by atoms with Crippen LogP contribution in [0.4, 0.5) is 11.8 Å². The Morgan fingerprint density at radius 3 is 3.15 bits per heavy atom. The molecule has 0 saturated carbocycles. The van der Waals surface area contributed by atoms with Crippen molar-refractivity contribution in [2.45, 2.75) is 37.0 Å². The maximum absolute atomic E-state index is 5.48. The summed E-state index contributed by atoms with van der Waals surface area (Å²) in [7, 11) is 0. The smallest absolute Gasteiger partial charge is 0.224 e. The van der Waals surface area contributed by atoms with E-state index in [-0.39, 0.29) is 0 Å². The van der Waals surface area contributed by atoms with Crippen molar-refractivity contribution in [2.75, 3.05) is 36.1 Å². The Kier molecular flexibility index (Phi) is 4.97. The summed E-state index contributed by atoms with van der Waals surface area (Å²) in [6.45, 7) is 2.61. The third-order valence-corrected chi connectivity index (χ3v) is 5.08. The van der Waals surface area contributed by atoms with Gasteiger partial charge in [-0.15, -0.1) is 0 Å². The average Bonchev–Trinajstić information content (AvgIpc) is 3.00. The summed E-state index contributed by atoms with van der Waals surface area (Å²) in [5.74, 6) is 2.90. The van der Waals surface area contributed by atoms with Gasteiger partial charge in [-0.2, -0.15) is 16.7 Å². The Morgan fingerprint density at radius 2 is 2.35 bits per heavy atom. The number of hydrogen-bond donors (Lipinski definition) is 2. The van der Waals surface area contributed by atoms with Gasteiger partial charge < -0.3 is 15.4 Å². The molecule has 6 heteroatoms. The summed E-state index contributed by atoms with van der Waals surface area (Å²) in [6.07, 6.45) is 6.71. The third kappa shape index (κ3) is 3.99. The van der Waals surface area contributed by atoms with Gasteiger partial charge in [-0.1, -0.05) is 0 Å². The van der Waals surface area contributed by atoms with Gasteiger partial charge in [0, 0.05) is 24.6 Å². The first-order chi connectivity index (χ1) is 9.90. The molecule has 0 bridgehead atoms. The Morgan fingerprint density at radius 1 is 1.35 bits per heavy atom. The van der Waals surface area contributed by atoms with E-state index in [0.717, 1.165) is 44.4 Å². The van der Waals surface area contributed by atoms with Crippen molar-refractivity contribution >= 4 is 23.5 Å². The molecule has 2 fully saturated rings. The minimum Gasteiger partial charge on any atom is -0.379 e. The van der Waals surface area contributed by atoms with Crippen molar-refractivity contribution in [3.63, 3.8) is 0 Å². The maximum Gasteiger partial charge on any atom is 0.224 e. The topological polar surface area (TPSA) is 59.1 Å². The minimum atomic E-state index is 0.372. The summed E-state index contributed by atoms with van der Waals surface area (Å²) >= 11 is 2.04. The lowest BCUT2D eigenvalue weighted by Crippen LogP contribution is -2.30. The fraction of sp³-hybridized carbons (Fsp3) is 0.714. The Hall–Kier alpha value is -1.01. The second kappa shape index (κ2) is 7.13. The number of thioether (sulfide) groups is 1. The molecule has 2 aliphatic heterocycles. The van der Waals surface area contributed by atoms with Crippen molar-refractivity contribution in [2.24, 2.45) is 0 Å². The van der Waals surface area contributed by atoms with Gasteiger partial charge in [-0.05, 0) is 37.5 Å². The molecular formula is C14H22N4OS. The van der Waals surface area contributed by atoms with Crippen LogP contribution >= 0.6 is 11.8 Å². The number of hydrogen-bond acceptors (Lipinski definition) is 6. The zero-order valence-corrected chi connectivity index (χ0v) is 12.5. The highest BCUT2D eigenvalue weighted by Crippen LogP contribution is 2.26. The van der Waals surface area contributed by atoms with E-state index in [9.17, 15) is 0 Å². The van der Waals surface area contributed by atoms with Gasteiger partial charge >= 0.3 is 0 Å². The van der Waals surface area contributed by atoms with E-state index in [1.165, 1.54) is 18.6 Å². The van der Waals surface area contributed by atoms with E-state index in [1.54, 1.807) is 0 Å². The Balaban J connectivity index is 1.51. The first kappa shape index (κ1) is 13.9. The minimum absolute atomic E-state index is 0.372.